The Kier molecular flexibility index (Phi) is 1.74. The van der Waals surface area contributed by atoms with Crippen LogP contribution in [0.3, 0.4) is 0 Å². The van der Waals surface area contributed by atoms with Gasteiger partial charge in [0.05, 0.1) is 11.2 Å². The highest BCUT2D eigenvalue weighted by molar-refractivity contribution is 7.46. The molecular formula is C6H12O4P-. The van der Waals surface area contributed by atoms with Crippen molar-refractivity contribution in [1.82, 2.24) is 0 Å². The second-order valence-electron chi connectivity index (χ2n) is 3.65. The van der Waals surface area contributed by atoms with Gasteiger partial charge in [-0.15, -0.1) is 0 Å². The van der Waals surface area contributed by atoms with E-state index in [-0.39, 0.29) is 0 Å². The van der Waals surface area contributed by atoms with Crippen LogP contribution in [-0.2, 0) is 13.6 Å². The fraction of sp³-hybridized carbons (Fsp3) is 1.00. The molecule has 1 saturated heterocycles. The Bertz CT molecular complexity index is 201. The van der Waals surface area contributed by atoms with E-state index in [0.29, 0.717) is 0 Å². The molecule has 0 saturated carbocycles. The quantitative estimate of drug-likeness (QED) is 0.521. The van der Waals surface area contributed by atoms with Crippen LogP contribution in [0.5, 0.6) is 0 Å². The number of rotatable bonds is 0. The molecular weight excluding hydrogens is 167 g/mol. The van der Waals surface area contributed by atoms with Crippen LogP contribution in [0.25, 0.3) is 0 Å². The number of phosphoric acid groups is 1. The monoisotopic (exact) mass is 179 g/mol. The predicted octanol–water partition coefficient (Wildman–Crippen LogP) is 1.06. The first-order chi connectivity index (χ1) is 4.66. The van der Waals surface area contributed by atoms with Crippen molar-refractivity contribution in [1.29, 1.82) is 0 Å². The SMILES string of the molecule is CC1(C)OP(=O)([O-])OC1(C)C. The number of hydrogen-bond acceptors (Lipinski definition) is 4. The summed E-state index contributed by atoms with van der Waals surface area (Å²) in [6.07, 6.45) is 0. The molecule has 0 bridgehead atoms. The average molecular weight is 179 g/mol. The fourth-order valence-electron chi connectivity index (χ4n) is 0.797. The highest BCUT2D eigenvalue weighted by Gasteiger charge is 2.50. The third kappa shape index (κ3) is 1.49. The molecule has 1 aliphatic heterocycles. The summed E-state index contributed by atoms with van der Waals surface area (Å²) in [6.45, 7) is 6.74. The van der Waals surface area contributed by atoms with Crippen LogP contribution < -0.4 is 4.89 Å². The summed E-state index contributed by atoms with van der Waals surface area (Å²) in [5.74, 6) is 0. The van der Waals surface area contributed by atoms with Gasteiger partial charge in [0.15, 0.2) is 0 Å². The Morgan fingerprint density at radius 1 is 1.09 bits per heavy atom. The smallest absolute Gasteiger partial charge is 0.269 e. The third-order valence-corrected chi connectivity index (χ3v) is 3.49. The van der Waals surface area contributed by atoms with Crippen molar-refractivity contribution < 1.29 is 18.5 Å². The Hall–Kier alpha value is 0.110. The molecule has 11 heavy (non-hydrogen) atoms. The average Bonchev–Trinajstić information content (AvgIpc) is 1.66. The van der Waals surface area contributed by atoms with Crippen molar-refractivity contribution >= 4 is 7.82 Å². The van der Waals surface area contributed by atoms with Crippen LogP contribution in [0.15, 0.2) is 0 Å². The van der Waals surface area contributed by atoms with Gasteiger partial charge >= 0.3 is 0 Å². The summed E-state index contributed by atoms with van der Waals surface area (Å²) in [5, 5.41) is 0. The first kappa shape index (κ1) is 9.20. The van der Waals surface area contributed by atoms with Gasteiger partial charge in [-0.2, -0.15) is 0 Å². The van der Waals surface area contributed by atoms with Gasteiger partial charge in [0.25, 0.3) is 7.82 Å². The van der Waals surface area contributed by atoms with E-state index in [1.54, 1.807) is 27.7 Å². The van der Waals surface area contributed by atoms with E-state index in [0.717, 1.165) is 0 Å². The molecule has 1 aliphatic rings. The van der Waals surface area contributed by atoms with Crippen LogP contribution >= 0.6 is 7.82 Å². The van der Waals surface area contributed by atoms with E-state index in [2.05, 4.69) is 0 Å². The van der Waals surface area contributed by atoms with Crippen molar-refractivity contribution in [2.45, 2.75) is 38.9 Å². The molecule has 66 valence electrons. The van der Waals surface area contributed by atoms with E-state index >= 15 is 0 Å². The topological polar surface area (TPSA) is 58.6 Å². The molecule has 1 heterocycles. The van der Waals surface area contributed by atoms with Crippen LogP contribution in [-0.4, -0.2) is 11.2 Å². The maximum absolute atomic E-state index is 10.8. The first-order valence-corrected chi connectivity index (χ1v) is 4.85. The first-order valence-electron chi connectivity index (χ1n) is 3.39. The summed E-state index contributed by atoms with van der Waals surface area (Å²) in [5.41, 5.74) is -1.55. The molecule has 0 atom stereocenters. The molecule has 4 nitrogen and oxygen atoms in total. The highest BCUT2D eigenvalue weighted by Crippen LogP contribution is 2.58. The van der Waals surface area contributed by atoms with Gasteiger partial charge < -0.3 is 13.9 Å². The Balaban J connectivity index is 2.98. The van der Waals surface area contributed by atoms with Gasteiger partial charge in [-0.05, 0) is 27.7 Å². The van der Waals surface area contributed by atoms with Crippen LogP contribution in [0.4, 0.5) is 0 Å². The maximum Gasteiger partial charge on any atom is 0.269 e. The fourth-order valence-corrected chi connectivity index (χ4v) is 2.39. The molecule has 0 radical (unpaired) electrons. The summed E-state index contributed by atoms with van der Waals surface area (Å²) < 4.78 is 20.3. The second-order valence-corrected chi connectivity index (χ2v) is 4.91. The number of phosphoric ester groups is 1. The molecule has 0 amide bonds. The van der Waals surface area contributed by atoms with Gasteiger partial charge in [-0.25, -0.2) is 0 Å². The lowest BCUT2D eigenvalue weighted by molar-refractivity contribution is -0.218. The molecule has 0 aromatic carbocycles. The Morgan fingerprint density at radius 3 is 1.45 bits per heavy atom. The number of hydrogen-bond donors (Lipinski definition) is 0. The second kappa shape index (κ2) is 2.07. The molecule has 0 aromatic rings. The molecule has 0 spiro atoms. The largest absolute Gasteiger partial charge is 0.756 e. The van der Waals surface area contributed by atoms with E-state index in [4.69, 9.17) is 9.05 Å². The van der Waals surface area contributed by atoms with Gasteiger partial charge in [0.2, 0.25) is 0 Å². The van der Waals surface area contributed by atoms with Crippen molar-refractivity contribution in [3.63, 3.8) is 0 Å². The molecule has 0 unspecified atom stereocenters. The zero-order valence-corrected chi connectivity index (χ0v) is 7.97. The van der Waals surface area contributed by atoms with Crippen molar-refractivity contribution in [3.05, 3.63) is 0 Å². The predicted molar refractivity (Wildman–Crippen MR) is 37.9 cm³/mol. The van der Waals surface area contributed by atoms with Crippen LogP contribution in [0.1, 0.15) is 27.7 Å². The molecule has 1 fully saturated rings. The lowest BCUT2D eigenvalue weighted by Crippen LogP contribution is -2.41. The maximum atomic E-state index is 10.8. The van der Waals surface area contributed by atoms with Gasteiger partial charge in [0.1, 0.15) is 0 Å². The summed E-state index contributed by atoms with van der Waals surface area (Å²) in [4.78, 5) is 10.8. The van der Waals surface area contributed by atoms with Crippen molar-refractivity contribution in [2.75, 3.05) is 0 Å². The minimum atomic E-state index is -4.04. The van der Waals surface area contributed by atoms with Gasteiger partial charge in [-0.1, -0.05) is 0 Å². The molecule has 0 N–H and O–H groups in total. The van der Waals surface area contributed by atoms with Gasteiger partial charge in [-0.3, -0.25) is 4.57 Å². The summed E-state index contributed by atoms with van der Waals surface area (Å²) in [6, 6.07) is 0. The van der Waals surface area contributed by atoms with Crippen LogP contribution in [0, 0.1) is 0 Å². The van der Waals surface area contributed by atoms with E-state index in [1.807, 2.05) is 0 Å². The van der Waals surface area contributed by atoms with E-state index in [1.165, 1.54) is 0 Å². The normalized spacial score (nSPS) is 32.1. The van der Waals surface area contributed by atoms with E-state index in [9.17, 15) is 9.46 Å². The van der Waals surface area contributed by atoms with Crippen LogP contribution in [0.2, 0.25) is 0 Å². The van der Waals surface area contributed by atoms with E-state index < -0.39 is 19.0 Å². The molecule has 0 aliphatic carbocycles. The summed E-state index contributed by atoms with van der Waals surface area (Å²) in [7, 11) is -4.04. The minimum Gasteiger partial charge on any atom is -0.756 e. The minimum absolute atomic E-state index is 0.774. The lowest BCUT2D eigenvalue weighted by atomic mass is 9.90. The van der Waals surface area contributed by atoms with Crippen molar-refractivity contribution in [2.24, 2.45) is 0 Å². The zero-order valence-electron chi connectivity index (χ0n) is 7.08. The van der Waals surface area contributed by atoms with Crippen molar-refractivity contribution in [3.8, 4) is 0 Å². The Labute approximate surface area is 66.1 Å². The lowest BCUT2D eigenvalue weighted by Gasteiger charge is -2.29. The zero-order chi connectivity index (χ0) is 8.91. The highest BCUT2D eigenvalue weighted by atomic mass is 31.2. The molecule has 1 rings (SSSR count). The molecule has 0 aromatic heterocycles. The third-order valence-electron chi connectivity index (χ3n) is 2.13. The summed E-state index contributed by atoms with van der Waals surface area (Å²) >= 11 is 0. The van der Waals surface area contributed by atoms with Gasteiger partial charge in [0, 0.05) is 0 Å². The molecule has 5 heteroatoms. The standard InChI is InChI=1S/C6H13O4P/c1-5(2)6(3,4)10-11(7,8)9-5/h1-4H3,(H,7,8)/p-1. The Morgan fingerprint density at radius 2 is 1.36 bits per heavy atom.